The Morgan fingerprint density at radius 1 is 1.06 bits per heavy atom. The highest BCUT2D eigenvalue weighted by Gasteiger charge is 2.29. The van der Waals surface area contributed by atoms with Crippen molar-refractivity contribution in [3.05, 3.63) is 0 Å². The minimum Gasteiger partial charge on any atom is -0.481 e. The van der Waals surface area contributed by atoms with Crippen LogP contribution in [0.25, 0.3) is 0 Å². The number of hydrogen-bond acceptors (Lipinski definition) is 8. The van der Waals surface area contributed by atoms with E-state index in [0.29, 0.717) is 0 Å². The molecule has 1 fully saturated rings. The van der Waals surface area contributed by atoms with Gasteiger partial charge in [0.1, 0.15) is 12.1 Å². The van der Waals surface area contributed by atoms with Crippen LogP contribution in [0.3, 0.4) is 0 Å². The first kappa shape index (κ1) is 27.6. The maximum atomic E-state index is 12.6. The second-order valence-electron chi connectivity index (χ2n) is 7.50. The van der Waals surface area contributed by atoms with E-state index in [2.05, 4.69) is 26.6 Å². The smallest absolute Gasteiger partial charge is 0.326 e. The van der Waals surface area contributed by atoms with Gasteiger partial charge in [0, 0.05) is 19.5 Å². The van der Waals surface area contributed by atoms with Crippen LogP contribution in [-0.2, 0) is 24.0 Å². The second kappa shape index (κ2) is 13.8. The van der Waals surface area contributed by atoms with Gasteiger partial charge in [-0.15, -0.1) is 0 Å². The number of aliphatic hydroxyl groups excluding tert-OH is 1. The van der Waals surface area contributed by atoms with Crippen molar-refractivity contribution in [2.75, 3.05) is 19.6 Å². The fourth-order valence-corrected chi connectivity index (χ4v) is 3.05. The van der Waals surface area contributed by atoms with E-state index in [1.54, 1.807) is 0 Å². The van der Waals surface area contributed by atoms with E-state index >= 15 is 0 Å². The Morgan fingerprint density at radius 2 is 1.76 bits per heavy atom. The predicted octanol–water partition coefficient (Wildman–Crippen LogP) is -3.99. The maximum Gasteiger partial charge on any atom is 0.326 e. The predicted molar refractivity (Wildman–Crippen MR) is 113 cm³/mol. The zero-order valence-corrected chi connectivity index (χ0v) is 17.9. The van der Waals surface area contributed by atoms with Crippen LogP contribution in [0.2, 0.25) is 0 Å². The number of carbonyl (C=O) groups excluding carboxylic acids is 3. The largest absolute Gasteiger partial charge is 0.481 e. The summed E-state index contributed by atoms with van der Waals surface area (Å²) < 4.78 is 0. The SMILES string of the molecule is N=C(N)NCCC[C@H](NC(=O)[C@H](CCC(=O)O)NC(=O)CNC(=O)[C@@H]1C[C@@H](O)CN1)C(=O)O. The lowest BCUT2D eigenvalue weighted by atomic mass is 10.1. The van der Waals surface area contributed by atoms with Crippen LogP contribution in [0, 0.1) is 5.41 Å². The summed E-state index contributed by atoms with van der Waals surface area (Å²) in [6, 6.07) is -3.31. The summed E-state index contributed by atoms with van der Waals surface area (Å²) in [5.74, 6) is -5.00. The highest BCUT2D eigenvalue weighted by molar-refractivity contribution is 5.92. The average Bonchev–Trinajstić information content (AvgIpc) is 3.17. The standard InChI is InChI=1S/C18H31N7O8/c19-18(20)21-5-1-2-11(17(32)33)25-16(31)10(3-4-14(28)29)24-13(27)8-23-15(30)12-6-9(26)7-22-12/h9-12,22,26H,1-8H2,(H,23,30)(H,24,27)(H,25,31)(H,28,29)(H,32,33)(H4,19,20,21)/t9-,10+,11+,12+/m1/s1. The van der Waals surface area contributed by atoms with E-state index in [-0.39, 0.29) is 44.7 Å². The zero-order valence-electron chi connectivity index (χ0n) is 17.9. The number of rotatable bonds is 14. The minimum atomic E-state index is -1.34. The molecule has 0 radical (unpaired) electrons. The summed E-state index contributed by atoms with van der Waals surface area (Å²) in [7, 11) is 0. The number of aliphatic carboxylic acids is 2. The van der Waals surface area contributed by atoms with Crippen LogP contribution >= 0.6 is 0 Å². The van der Waals surface area contributed by atoms with Gasteiger partial charge in [-0.2, -0.15) is 0 Å². The third kappa shape index (κ3) is 11.1. The summed E-state index contributed by atoms with van der Waals surface area (Å²) in [6.07, 6.45) is -0.977. The number of β-amino-alcohol motifs (C(OH)–C–C–N with tert-alkyl or cyclic N) is 1. The lowest BCUT2D eigenvalue weighted by molar-refractivity contribution is -0.143. The number of guanidine groups is 1. The number of carboxylic acid groups (broad SMARTS) is 2. The van der Waals surface area contributed by atoms with Gasteiger partial charge in [0.25, 0.3) is 0 Å². The Hall–Kier alpha value is -3.46. The highest BCUT2D eigenvalue weighted by Crippen LogP contribution is 2.06. The number of amides is 3. The molecular formula is C18H31N7O8. The van der Waals surface area contributed by atoms with Crippen LogP contribution in [-0.4, -0.2) is 94.8 Å². The molecule has 11 N–H and O–H groups in total. The fourth-order valence-electron chi connectivity index (χ4n) is 3.05. The summed E-state index contributed by atoms with van der Waals surface area (Å²) in [6.45, 7) is -0.0406. The molecular weight excluding hydrogens is 442 g/mol. The van der Waals surface area contributed by atoms with Gasteiger partial charge in [0.15, 0.2) is 5.96 Å². The molecule has 0 spiro atoms. The van der Waals surface area contributed by atoms with Gasteiger partial charge in [-0.05, 0) is 25.7 Å². The minimum absolute atomic E-state index is 0.00273. The summed E-state index contributed by atoms with van der Waals surface area (Å²) >= 11 is 0. The summed E-state index contributed by atoms with van der Waals surface area (Å²) in [5.41, 5.74) is 5.14. The van der Waals surface area contributed by atoms with Gasteiger partial charge in [-0.3, -0.25) is 24.6 Å². The van der Waals surface area contributed by atoms with Gasteiger partial charge in [-0.1, -0.05) is 0 Å². The van der Waals surface area contributed by atoms with Gasteiger partial charge in [-0.25, -0.2) is 4.79 Å². The van der Waals surface area contributed by atoms with Gasteiger partial charge in [0.05, 0.1) is 18.7 Å². The van der Waals surface area contributed by atoms with Crippen LogP contribution in [0.4, 0.5) is 0 Å². The molecule has 0 aromatic rings. The van der Waals surface area contributed by atoms with Crippen molar-refractivity contribution in [3.63, 3.8) is 0 Å². The monoisotopic (exact) mass is 473 g/mol. The van der Waals surface area contributed by atoms with E-state index in [1.165, 1.54) is 0 Å². The van der Waals surface area contributed by atoms with Gasteiger partial charge >= 0.3 is 11.9 Å². The Balaban J connectivity index is 2.63. The van der Waals surface area contributed by atoms with Crippen molar-refractivity contribution in [3.8, 4) is 0 Å². The molecule has 0 unspecified atom stereocenters. The van der Waals surface area contributed by atoms with E-state index in [1.807, 2.05) is 0 Å². The third-order valence-corrected chi connectivity index (χ3v) is 4.75. The zero-order chi connectivity index (χ0) is 25.0. The third-order valence-electron chi connectivity index (χ3n) is 4.75. The lowest BCUT2D eigenvalue weighted by Crippen LogP contribution is -2.53. The molecule has 1 saturated heterocycles. The molecule has 0 aliphatic carbocycles. The number of aliphatic hydroxyl groups is 1. The van der Waals surface area contributed by atoms with Crippen molar-refractivity contribution in [1.82, 2.24) is 26.6 Å². The fraction of sp³-hybridized carbons (Fsp3) is 0.667. The second-order valence-corrected chi connectivity index (χ2v) is 7.50. The molecule has 15 nitrogen and oxygen atoms in total. The average molecular weight is 473 g/mol. The molecule has 0 aromatic heterocycles. The molecule has 1 aliphatic heterocycles. The van der Waals surface area contributed by atoms with Gasteiger partial charge in [0.2, 0.25) is 17.7 Å². The van der Waals surface area contributed by atoms with Crippen LogP contribution in [0.5, 0.6) is 0 Å². The Kier molecular flexibility index (Phi) is 11.6. The maximum absolute atomic E-state index is 12.6. The molecule has 33 heavy (non-hydrogen) atoms. The first-order chi connectivity index (χ1) is 15.5. The quantitative estimate of drug-likeness (QED) is 0.0660. The van der Waals surface area contributed by atoms with E-state index in [9.17, 15) is 34.2 Å². The van der Waals surface area contributed by atoms with Crippen molar-refractivity contribution >= 4 is 35.6 Å². The lowest BCUT2D eigenvalue weighted by Gasteiger charge is -2.21. The molecule has 0 bridgehead atoms. The number of nitrogens with one attached hydrogen (secondary N) is 6. The van der Waals surface area contributed by atoms with Crippen LogP contribution in [0.15, 0.2) is 0 Å². The van der Waals surface area contributed by atoms with Crippen molar-refractivity contribution < 1.29 is 39.3 Å². The number of carbonyl (C=O) groups is 5. The molecule has 1 aliphatic rings. The van der Waals surface area contributed by atoms with E-state index < -0.39 is 66.9 Å². The van der Waals surface area contributed by atoms with E-state index in [4.69, 9.17) is 16.2 Å². The first-order valence-electron chi connectivity index (χ1n) is 10.3. The number of carboxylic acids is 2. The molecule has 4 atom stereocenters. The molecule has 1 heterocycles. The van der Waals surface area contributed by atoms with E-state index in [0.717, 1.165) is 0 Å². The molecule has 0 saturated carbocycles. The van der Waals surface area contributed by atoms with Crippen molar-refractivity contribution in [1.29, 1.82) is 5.41 Å². The Labute approximate surface area is 189 Å². The van der Waals surface area contributed by atoms with Crippen LogP contribution in [0.1, 0.15) is 32.1 Å². The first-order valence-corrected chi connectivity index (χ1v) is 10.3. The number of nitrogens with two attached hydrogens (primary N) is 1. The number of hydrogen-bond donors (Lipinski definition) is 10. The topological polar surface area (TPSA) is 256 Å². The molecule has 3 amide bonds. The summed E-state index contributed by atoms with van der Waals surface area (Å²) in [5, 5.41) is 46.9. The Morgan fingerprint density at radius 3 is 2.30 bits per heavy atom. The van der Waals surface area contributed by atoms with Crippen LogP contribution < -0.4 is 32.3 Å². The normalized spacial score (nSPS) is 19.1. The van der Waals surface area contributed by atoms with Gasteiger partial charge < -0.3 is 47.6 Å². The Bertz CT molecular complexity index is 747. The van der Waals surface area contributed by atoms with Crippen molar-refractivity contribution in [2.45, 2.75) is 56.3 Å². The molecule has 0 aromatic carbocycles. The molecule has 1 rings (SSSR count). The highest BCUT2D eigenvalue weighted by atomic mass is 16.4. The van der Waals surface area contributed by atoms with Crippen molar-refractivity contribution in [2.24, 2.45) is 5.73 Å². The molecule has 15 heteroatoms. The summed E-state index contributed by atoms with van der Waals surface area (Å²) in [4.78, 5) is 59.1. The molecule has 186 valence electrons.